The summed E-state index contributed by atoms with van der Waals surface area (Å²) in [6, 6.07) is 43.2. The Labute approximate surface area is 207 Å². The van der Waals surface area contributed by atoms with Gasteiger partial charge in [-0.3, -0.25) is 0 Å². The van der Waals surface area contributed by atoms with Crippen molar-refractivity contribution < 1.29 is 0 Å². The molecule has 0 saturated carbocycles. The normalized spacial score (nSPS) is 11.9. The van der Waals surface area contributed by atoms with E-state index in [4.69, 9.17) is 9.97 Å². The first-order valence-corrected chi connectivity index (χ1v) is 12.3. The minimum absolute atomic E-state index is 1.02. The molecule has 0 amide bonds. The van der Waals surface area contributed by atoms with Crippen LogP contribution in [0.3, 0.4) is 0 Å². The van der Waals surface area contributed by atoms with Crippen LogP contribution in [0, 0.1) is 0 Å². The number of hydrogen-bond donors (Lipinski definition) is 0. The zero-order valence-corrected chi connectivity index (χ0v) is 19.4. The summed E-state index contributed by atoms with van der Waals surface area (Å²) in [6.07, 6.45) is 0. The Kier molecular flexibility index (Phi) is 3.97. The van der Waals surface area contributed by atoms with Crippen LogP contribution < -0.4 is 0 Å². The van der Waals surface area contributed by atoms with Crippen molar-refractivity contribution >= 4 is 65.2 Å². The van der Waals surface area contributed by atoms with Crippen molar-refractivity contribution in [2.75, 3.05) is 0 Å². The second kappa shape index (κ2) is 7.34. The van der Waals surface area contributed by atoms with Crippen molar-refractivity contribution in [2.24, 2.45) is 0 Å². The van der Waals surface area contributed by atoms with Crippen molar-refractivity contribution in [2.45, 2.75) is 0 Å². The minimum atomic E-state index is 1.02. The Bertz CT molecular complexity index is 2140. The lowest BCUT2D eigenvalue weighted by atomic mass is 9.96. The zero-order chi connectivity index (χ0) is 23.6. The summed E-state index contributed by atoms with van der Waals surface area (Å²) in [4.78, 5) is 10.2. The van der Waals surface area contributed by atoms with Gasteiger partial charge in [0.2, 0.25) is 0 Å². The van der Waals surface area contributed by atoms with E-state index in [2.05, 4.69) is 115 Å². The number of para-hydroxylation sites is 1. The smallest absolute Gasteiger partial charge is 0.0788 e. The van der Waals surface area contributed by atoms with Crippen molar-refractivity contribution in [3.05, 3.63) is 121 Å². The van der Waals surface area contributed by atoms with E-state index in [1.54, 1.807) is 0 Å². The molecular formula is C34H20N2. The number of hydrogen-bond acceptors (Lipinski definition) is 2. The van der Waals surface area contributed by atoms with E-state index in [1.165, 1.54) is 48.8 Å². The molecule has 2 heterocycles. The van der Waals surface area contributed by atoms with Crippen molar-refractivity contribution in [3.63, 3.8) is 0 Å². The van der Waals surface area contributed by atoms with Gasteiger partial charge in [0.05, 0.1) is 22.1 Å². The largest absolute Gasteiger partial charge is 0.247 e. The van der Waals surface area contributed by atoms with Gasteiger partial charge in [-0.2, -0.15) is 0 Å². The standard InChI is InChI=1S/C34H20N2/c1-2-7-21(8-3-1)27-10-6-12-32-30(27)20-26-16-14-23-18-28-22(19-29(23)34(26)36-32)13-15-25-17-24-9-4-5-11-31(24)35-33(25)28/h1-20H. The molecule has 8 rings (SSSR count). The van der Waals surface area contributed by atoms with E-state index in [-0.39, 0.29) is 0 Å². The summed E-state index contributed by atoms with van der Waals surface area (Å²) >= 11 is 0. The summed E-state index contributed by atoms with van der Waals surface area (Å²) in [7, 11) is 0. The van der Waals surface area contributed by atoms with E-state index >= 15 is 0 Å². The molecule has 2 heteroatoms. The molecule has 6 aromatic carbocycles. The quantitative estimate of drug-likeness (QED) is 0.182. The zero-order valence-electron chi connectivity index (χ0n) is 19.4. The molecule has 0 spiro atoms. The Hall–Kier alpha value is -4.82. The van der Waals surface area contributed by atoms with Gasteiger partial charge in [-0.05, 0) is 58.3 Å². The van der Waals surface area contributed by atoms with Gasteiger partial charge in [0, 0.05) is 32.3 Å². The van der Waals surface area contributed by atoms with E-state index in [0.29, 0.717) is 0 Å². The highest BCUT2D eigenvalue weighted by Crippen LogP contribution is 2.35. The molecule has 36 heavy (non-hydrogen) atoms. The second-order valence-corrected chi connectivity index (χ2v) is 9.48. The van der Waals surface area contributed by atoms with E-state index in [0.717, 1.165) is 27.5 Å². The predicted molar refractivity (Wildman–Crippen MR) is 153 cm³/mol. The van der Waals surface area contributed by atoms with Crippen molar-refractivity contribution in [3.8, 4) is 11.1 Å². The molecule has 2 aromatic heterocycles. The fourth-order valence-electron chi connectivity index (χ4n) is 5.58. The molecule has 0 radical (unpaired) electrons. The lowest BCUT2D eigenvalue weighted by Crippen LogP contribution is -1.89. The fourth-order valence-corrected chi connectivity index (χ4v) is 5.58. The Balaban J connectivity index is 1.42. The average molecular weight is 457 g/mol. The SMILES string of the molecule is c1ccc(-c2cccc3nc4c(ccc5cc6c(ccc7cc8ccccc8nc76)cc54)cc23)cc1. The molecular weight excluding hydrogens is 436 g/mol. The molecule has 0 atom stereocenters. The first-order chi connectivity index (χ1) is 17.8. The maximum Gasteiger partial charge on any atom is 0.0788 e. The topological polar surface area (TPSA) is 25.8 Å². The first kappa shape index (κ1) is 19.5. The van der Waals surface area contributed by atoms with Crippen LogP contribution in [0.4, 0.5) is 0 Å². The number of benzene rings is 6. The summed E-state index contributed by atoms with van der Waals surface area (Å²) in [5, 5.41) is 9.39. The molecule has 0 bridgehead atoms. The van der Waals surface area contributed by atoms with E-state index < -0.39 is 0 Å². The molecule has 0 aliphatic carbocycles. The second-order valence-electron chi connectivity index (χ2n) is 9.48. The van der Waals surface area contributed by atoms with Crippen LogP contribution in [-0.2, 0) is 0 Å². The fraction of sp³-hybridized carbons (Fsp3) is 0. The van der Waals surface area contributed by atoms with Gasteiger partial charge < -0.3 is 0 Å². The highest BCUT2D eigenvalue weighted by Gasteiger charge is 2.11. The summed E-state index contributed by atoms with van der Waals surface area (Å²) < 4.78 is 0. The maximum absolute atomic E-state index is 5.19. The average Bonchev–Trinajstić information content (AvgIpc) is 2.94. The Morgan fingerprint density at radius 1 is 0.361 bits per heavy atom. The van der Waals surface area contributed by atoms with Crippen LogP contribution in [0.5, 0.6) is 0 Å². The highest BCUT2D eigenvalue weighted by molar-refractivity contribution is 6.17. The van der Waals surface area contributed by atoms with Gasteiger partial charge in [0.25, 0.3) is 0 Å². The van der Waals surface area contributed by atoms with Crippen molar-refractivity contribution in [1.82, 2.24) is 9.97 Å². The molecule has 2 nitrogen and oxygen atoms in total. The van der Waals surface area contributed by atoms with Crippen LogP contribution in [0.2, 0.25) is 0 Å². The van der Waals surface area contributed by atoms with E-state index in [9.17, 15) is 0 Å². The van der Waals surface area contributed by atoms with Gasteiger partial charge in [0.15, 0.2) is 0 Å². The van der Waals surface area contributed by atoms with Gasteiger partial charge in [-0.15, -0.1) is 0 Å². The molecule has 8 aromatic rings. The number of pyridine rings is 2. The maximum atomic E-state index is 5.19. The van der Waals surface area contributed by atoms with Crippen LogP contribution in [0.15, 0.2) is 121 Å². The minimum Gasteiger partial charge on any atom is -0.247 e. The molecule has 166 valence electrons. The molecule has 0 aliphatic heterocycles. The van der Waals surface area contributed by atoms with Crippen LogP contribution in [0.1, 0.15) is 0 Å². The molecule has 0 fully saturated rings. The predicted octanol–water partition coefficient (Wildman–Crippen LogP) is 9.06. The summed E-state index contributed by atoms with van der Waals surface area (Å²) in [5.74, 6) is 0. The van der Waals surface area contributed by atoms with Gasteiger partial charge in [-0.25, -0.2) is 9.97 Å². The van der Waals surface area contributed by atoms with Crippen LogP contribution >= 0.6 is 0 Å². The van der Waals surface area contributed by atoms with Crippen LogP contribution in [-0.4, -0.2) is 9.97 Å². The molecule has 0 N–H and O–H groups in total. The van der Waals surface area contributed by atoms with Gasteiger partial charge >= 0.3 is 0 Å². The monoisotopic (exact) mass is 456 g/mol. The lowest BCUT2D eigenvalue weighted by Gasteiger charge is -2.11. The number of fused-ring (bicyclic) bond motifs is 8. The summed E-state index contributed by atoms with van der Waals surface area (Å²) in [5.41, 5.74) is 6.56. The molecule has 0 unspecified atom stereocenters. The van der Waals surface area contributed by atoms with Crippen LogP contribution in [0.25, 0.3) is 76.3 Å². The van der Waals surface area contributed by atoms with Gasteiger partial charge in [-0.1, -0.05) is 84.9 Å². The molecule has 0 aliphatic rings. The summed E-state index contributed by atoms with van der Waals surface area (Å²) in [6.45, 7) is 0. The number of rotatable bonds is 1. The Morgan fingerprint density at radius 3 is 1.72 bits per heavy atom. The third kappa shape index (κ3) is 2.85. The Morgan fingerprint density at radius 2 is 0.944 bits per heavy atom. The third-order valence-corrected chi connectivity index (χ3v) is 7.34. The highest BCUT2D eigenvalue weighted by atomic mass is 14.7. The number of aromatic nitrogens is 2. The lowest BCUT2D eigenvalue weighted by molar-refractivity contribution is 1.51. The van der Waals surface area contributed by atoms with Crippen molar-refractivity contribution in [1.29, 1.82) is 0 Å². The first-order valence-electron chi connectivity index (χ1n) is 12.3. The molecule has 0 saturated heterocycles. The van der Waals surface area contributed by atoms with Gasteiger partial charge in [0.1, 0.15) is 0 Å². The third-order valence-electron chi connectivity index (χ3n) is 7.34. The van der Waals surface area contributed by atoms with E-state index in [1.807, 2.05) is 6.07 Å². The number of nitrogens with zero attached hydrogens (tertiary/aromatic N) is 2.